The number of aryl methyl sites for hydroxylation is 1. The summed E-state index contributed by atoms with van der Waals surface area (Å²) in [5, 5.41) is 3.92. The second-order valence-corrected chi connectivity index (χ2v) is 8.65. The molecule has 3 heterocycles. The van der Waals surface area contributed by atoms with E-state index < -0.39 is 0 Å². The van der Waals surface area contributed by atoms with Gasteiger partial charge in [0.2, 0.25) is 0 Å². The van der Waals surface area contributed by atoms with Crippen molar-refractivity contribution in [1.29, 1.82) is 0 Å². The normalized spacial score (nSPS) is 23.0. The molecule has 0 saturated carbocycles. The number of amides is 1. The summed E-state index contributed by atoms with van der Waals surface area (Å²) < 4.78 is 13.1. The Hall–Kier alpha value is -1.79. The summed E-state index contributed by atoms with van der Waals surface area (Å²) in [4.78, 5) is 20.5. The van der Waals surface area contributed by atoms with E-state index in [9.17, 15) is 9.18 Å². The third-order valence-electron chi connectivity index (χ3n) is 5.85. The van der Waals surface area contributed by atoms with Crippen LogP contribution < -0.4 is 5.32 Å². The second-order valence-electron chi connectivity index (χ2n) is 7.65. The molecular weight excluding hydrogens is 361 g/mol. The van der Waals surface area contributed by atoms with Gasteiger partial charge in [-0.15, -0.1) is 11.3 Å². The molecule has 0 aliphatic carbocycles. The van der Waals surface area contributed by atoms with Crippen LogP contribution >= 0.6 is 11.3 Å². The van der Waals surface area contributed by atoms with Gasteiger partial charge in [0, 0.05) is 18.2 Å². The van der Waals surface area contributed by atoms with Crippen molar-refractivity contribution in [1.82, 2.24) is 15.2 Å². The molecule has 0 radical (unpaired) electrons. The van der Waals surface area contributed by atoms with Crippen LogP contribution in [0.5, 0.6) is 0 Å². The second kappa shape index (κ2) is 8.07. The minimum atomic E-state index is -0.269. The topological polar surface area (TPSA) is 45.2 Å². The monoisotopic (exact) mass is 387 g/mol. The average molecular weight is 388 g/mol. The summed E-state index contributed by atoms with van der Waals surface area (Å²) >= 11 is 1.38. The minimum Gasteiger partial charge on any atom is -0.351 e. The Labute approximate surface area is 163 Å². The van der Waals surface area contributed by atoms with Crippen molar-refractivity contribution in [3.8, 4) is 10.6 Å². The summed E-state index contributed by atoms with van der Waals surface area (Å²) in [5.41, 5.74) is 1.58. The third-order valence-corrected chi connectivity index (χ3v) is 7.05. The third kappa shape index (κ3) is 4.06. The van der Waals surface area contributed by atoms with E-state index in [4.69, 9.17) is 0 Å². The van der Waals surface area contributed by atoms with Gasteiger partial charge < -0.3 is 10.2 Å². The maximum Gasteiger partial charge on any atom is 0.263 e. The Morgan fingerprint density at radius 1 is 1.22 bits per heavy atom. The molecule has 6 heteroatoms. The summed E-state index contributed by atoms with van der Waals surface area (Å²) in [6.07, 6.45) is 6.30. The van der Waals surface area contributed by atoms with Crippen LogP contribution in [0.4, 0.5) is 4.39 Å². The standard InChI is InChI=1S/C21H26FN3OS/c1-14-19(27-21(24-14)15-7-9-17(22)10-8-15)20(26)23-13-16-5-4-12-25-11-3-2-6-18(16)25/h7-10,16,18H,2-6,11-13H2,1H3,(H,23,26). The lowest BCUT2D eigenvalue weighted by atomic mass is 9.83. The van der Waals surface area contributed by atoms with Crippen molar-refractivity contribution in [3.63, 3.8) is 0 Å². The van der Waals surface area contributed by atoms with E-state index in [0.29, 0.717) is 16.8 Å². The molecule has 2 aliphatic heterocycles. The van der Waals surface area contributed by atoms with Crippen LogP contribution in [0.25, 0.3) is 10.6 Å². The van der Waals surface area contributed by atoms with Crippen LogP contribution in [-0.4, -0.2) is 41.5 Å². The predicted octanol–water partition coefficient (Wildman–Crippen LogP) is 4.25. The van der Waals surface area contributed by atoms with Gasteiger partial charge in [0.25, 0.3) is 5.91 Å². The van der Waals surface area contributed by atoms with Gasteiger partial charge in [0.05, 0.1) is 5.69 Å². The Morgan fingerprint density at radius 2 is 2.00 bits per heavy atom. The number of halogens is 1. The van der Waals surface area contributed by atoms with Gasteiger partial charge in [-0.2, -0.15) is 0 Å². The summed E-state index contributed by atoms with van der Waals surface area (Å²) in [6.45, 7) is 5.03. The van der Waals surface area contributed by atoms with E-state index in [2.05, 4.69) is 15.2 Å². The average Bonchev–Trinajstić information content (AvgIpc) is 3.08. The number of aromatic nitrogens is 1. The van der Waals surface area contributed by atoms with Crippen molar-refractivity contribution < 1.29 is 9.18 Å². The number of nitrogens with one attached hydrogen (secondary N) is 1. The van der Waals surface area contributed by atoms with E-state index in [0.717, 1.165) is 22.8 Å². The highest BCUT2D eigenvalue weighted by Crippen LogP contribution is 2.31. The molecule has 1 N–H and O–H groups in total. The highest BCUT2D eigenvalue weighted by atomic mass is 32.1. The zero-order valence-corrected chi connectivity index (χ0v) is 16.5. The molecule has 27 heavy (non-hydrogen) atoms. The molecule has 144 valence electrons. The molecule has 2 fully saturated rings. The zero-order valence-electron chi connectivity index (χ0n) is 15.7. The number of benzene rings is 1. The molecule has 4 nitrogen and oxygen atoms in total. The maximum atomic E-state index is 13.1. The van der Waals surface area contributed by atoms with Crippen LogP contribution in [-0.2, 0) is 0 Å². The molecule has 0 spiro atoms. The summed E-state index contributed by atoms with van der Waals surface area (Å²) in [6, 6.07) is 6.88. The zero-order chi connectivity index (χ0) is 18.8. The van der Waals surface area contributed by atoms with Crippen molar-refractivity contribution in [2.24, 2.45) is 5.92 Å². The Kier molecular flexibility index (Phi) is 5.55. The number of piperidine rings is 2. The molecule has 0 bridgehead atoms. The van der Waals surface area contributed by atoms with E-state index >= 15 is 0 Å². The van der Waals surface area contributed by atoms with Gasteiger partial charge in [-0.3, -0.25) is 4.79 Å². The lowest BCUT2D eigenvalue weighted by Gasteiger charge is -2.44. The van der Waals surface area contributed by atoms with Gasteiger partial charge in [0.1, 0.15) is 15.7 Å². The van der Waals surface area contributed by atoms with E-state index in [-0.39, 0.29) is 11.7 Å². The Morgan fingerprint density at radius 3 is 2.81 bits per heavy atom. The fourth-order valence-corrected chi connectivity index (χ4v) is 5.43. The van der Waals surface area contributed by atoms with Crippen molar-refractivity contribution in [3.05, 3.63) is 40.7 Å². The highest BCUT2D eigenvalue weighted by Gasteiger charge is 2.33. The number of nitrogens with zero attached hydrogens (tertiary/aromatic N) is 2. The molecule has 2 aliphatic rings. The van der Waals surface area contributed by atoms with Crippen molar-refractivity contribution in [2.75, 3.05) is 19.6 Å². The first kappa shape index (κ1) is 18.6. The van der Waals surface area contributed by atoms with Crippen LogP contribution in [0.3, 0.4) is 0 Å². The van der Waals surface area contributed by atoms with Gasteiger partial charge in [-0.1, -0.05) is 6.42 Å². The number of thiazole rings is 1. The van der Waals surface area contributed by atoms with Gasteiger partial charge >= 0.3 is 0 Å². The van der Waals surface area contributed by atoms with Crippen molar-refractivity contribution >= 4 is 17.2 Å². The lowest BCUT2D eigenvalue weighted by Crippen LogP contribution is -2.50. The summed E-state index contributed by atoms with van der Waals surface area (Å²) in [5.74, 6) is 0.244. The number of hydrogen-bond acceptors (Lipinski definition) is 4. The molecule has 2 saturated heterocycles. The van der Waals surface area contributed by atoms with Gasteiger partial charge in [-0.25, -0.2) is 9.37 Å². The molecule has 1 aromatic carbocycles. The van der Waals surface area contributed by atoms with E-state index in [1.807, 2.05) is 6.92 Å². The van der Waals surface area contributed by atoms with Crippen LogP contribution in [0.2, 0.25) is 0 Å². The molecule has 1 amide bonds. The fourth-order valence-electron chi connectivity index (χ4n) is 4.44. The minimum absolute atomic E-state index is 0.0358. The van der Waals surface area contributed by atoms with E-state index in [1.165, 1.54) is 68.7 Å². The number of carbonyl (C=O) groups excluding carboxylic acids is 1. The molecular formula is C21H26FN3OS. The first-order valence-electron chi connectivity index (χ1n) is 9.87. The quantitative estimate of drug-likeness (QED) is 0.853. The first-order chi connectivity index (χ1) is 13.1. The predicted molar refractivity (Wildman–Crippen MR) is 107 cm³/mol. The Bertz CT molecular complexity index is 802. The molecule has 2 unspecified atom stereocenters. The van der Waals surface area contributed by atoms with E-state index in [1.54, 1.807) is 12.1 Å². The smallest absolute Gasteiger partial charge is 0.263 e. The largest absolute Gasteiger partial charge is 0.351 e. The molecule has 1 aromatic heterocycles. The van der Waals surface area contributed by atoms with Crippen LogP contribution in [0, 0.1) is 18.7 Å². The molecule has 2 atom stereocenters. The van der Waals surface area contributed by atoms with Crippen LogP contribution in [0.15, 0.2) is 24.3 Å². The number of rotatable bonds is 4. The molecule has 2 aromatic rings. The number of fused-ring (bicyclic) bond motifs is 1. The van der Waals surface area contributed by atoms with Gasteiger partial charge in [-0.05, 0) is 75.9 Å². The number of carbonyl (C=O) groups is 1. The SMILES string of the molecule is Cc1nc(-c2ccc(F)cc2)sc1C(=O)NCC1CCCN2CCCCC12. The highest BCUT2D eigenvalue weighted by molar-refractivity contribution is 7.17. The Balaban J connectivity index is 1.42. The first-order valence-corrected chi connectivity index (χ1v) is 10.7. The summed E-state index contributed by atoms with van der Waals surface area (Å²) in [7, 11) is 0. The fraction of sp³-hybridized carbons (Fsp3) is 0.524. The molecule has 4 rings (SSSR count). The van der Waals surface area contributed by atoms with Crippen molar-refractivity contribution in [2.45, 2.75) is 45.1 Å². The van der Waals surface area contributed by atoms with Gasteiger partial charge in [0.15, 0.2) is 0 Å². The number of hydrogen-bond donors (Lipinski definition) is 1. The maximum absolute atomic E-state index is 13.1. The lowest BCUT2D eigenvalue weighted by molar-refractivity contribution is 0.0576. The van der Waals surface area contributed by atoms with Crippen LogP contribution in [0.1, 0.15) is 47.5 Å².